The standard InChI is InChI=1S/C28H21N2O3S.C2H4O2.Na/c1-32-24-14-8-7-11-21(24)18-33-25-16-20-10-6-5-9-19(20)15-22(25)17-26-27(31)30-28(34-26)29-23-12-3-2-4-13-23;1-2(3)4;/h3-17H,18H2,1H3,(H,29,30,31);1H3,(H,3,4);/b26-17+;;. The monoisotopic (exact) mass is 548 g/mol. The first-order valence-corrected chi connectivity index (χ1v) is 14.0. The van der Waals surface area contributed by atoms with Gasteiger partial charge in [0.2, 0.25) is 0 Å². The summed E-state index contributed by atoms with van der Waals surface area (Å²) in [5.74, 6) is 0.373. The molecule has 5 rings (SSSR count). The van der Waals surface area contributed by atoms with E-state index in [0.717, 1.165) is 68.2 Å². The maximum absolute atomic E-state index is 12.7. The van der Waals surface area contributed by atoms with Gasteiger partial charge in [0, 0.05) is 12.5 Å². The van der Waals surface area contributed by atoms with Crippen LogP contribution in [0.5, 0.6) is 11.5 Å². The molecule has 1 heterocycles. The number of carboxylic acid groups (broad SMARTS) is 1. The number of anilines is 1. The number of ether oxygens (including phenoxy) is 2. The molecule has 2 N–H and O–H groups in total. The molecule has 0 unspecified atom stereocenters. The molecule has 9 heteroatoms. The summed E-state index contributed by atoms with van der Waals surface area (Å²) in [5, 5.41) is 13.4. The zero-order valence-electron chi connectivity index (χ0n) is 21.8. The molecule has 4 aromatic rings. The second-order valence-electron chi connectivity index (χ2n) is 8.68. The van der Waals surface area contributed by atoms with Crippen LogP contribution >= 0.6 is 11.8 Å². The summed E-state index contributed by atoms with van der Waals surface area (Å²) in [7, 11) is 1.65. The first-order chi connectivity index (χ1) is 18.8. The van der Waals surface area contributed by atoms with Crippen LogP contribution in [0.15, 0.2) is 94.8 Å². The van der Waals surface area contributed by atoms with Crippen LogP contribution in [-0.4, -0.2) is 57.2 Å². The fraction of sp³-hybridized carbons (Fsp3) is 0.100. The van der Waals surface area contributed by atoms with E-state index in [9.17, 15) is 4.79 Å². The summed E-state index contributed by atoms with van der Waals surface area (Å²) in [5.41, 5.74) is 2.69. The molecular weight excluding hydrogens is 523 g/mol. The van der Waals surface area contributed by atoms with Crippen molar-refractivity contribution in [2.75, 3.05) is 12.4 Å². The summed E-state index contributed by atoms with van der Waals surface area (Å²) >= 11 is 2.33. The molecule has 39 heavy (non-hydrogen) atoms. The van der Waals surface area contributed by atoms with Gasteiger partial charge in [-0.2, -0.15) is 0 Å². The number of amides is 1. The van der Waals surface area contributed by atoms with Crippen LogP contribution in [0.4, 0.5) is 5.69 Å². The summed E-state index contributed by atoms with van der Waals surface area (Å²) < 4.78 is 13.0. The number of para-hydroxylation sites is 1. The van der Waals surface area contributed by atoms with E-state index >= 15 is 0 Å². The minimum absolute atomic E-state index is 0.263. The van der Waals surface area contributed by atoms with Gasteiger partial charge in [-0.15, -0.1) is 0 Å². The number of thioether (sulfide) groups is 1. The molecule has 1 aliphatic rings. The van der Waals surface area contributed by atoms with E-state index in [1.165, 1.54) is 14.6 Å². The van der Waals surface area contributed by atoms with Gasteiger partial charge in [-0.3, -0.25) is 4.79 Å². The van der Waals surface area contributed by atoms with Crippen LogP contribution in [0.1, 0.15) is 18.1 Å². The van der Waals surface area contributed by atoms with Gasteiger partial charge in [0.25, 0.3) is 5.97 Å². The summed E-state index contributed by atoms with van der Waals surface area (Å²) in [4.78, 5) is 26.5. The first-order valence-electron chi connectivity index (χ1n) is 12.2. The van der Waals surface area contributed by atoms with Crippen LogP contribution in [0.3, 0.4) is 0 Å². The van der Waals surface area contributed by atoms with Crippen molar-refractivity contribution in [2.24, 2.45) is 4.99 Å². The minimum atomic E-state index is -0.833. The summed E-state index contributed by atoms with van der Waals surface area (Å²) in [6, 6.07) is 28.1. The Labute approximate surface area is 248 Å². The molecule has 0 spiro atoms. The molecule has 0 radical (unpaired) electrons. The Morgan fingerprint density at radius 1 is 1.00 bits per heavy atom. The third-order valence-electron chi connectivity index (χ3n) is 5.66. The molecule has 0 aromatic heterocycles. The van der Waals surface area contributed by atoms with Gasteiger partial charge in [-0.1, -0.05) is 42.5 Å². The van der Waals surface area contributed by atoms with E-state index in [1.54, 1.807) is 7.11 Å². The summed E-state index contributed by atoms with van der Waals surface area (Å²) in [6.45, 7) is 1.43. The van der Waals surface area contributed by atoms with Gasteiger partial charge >= 0.3 is 143 Å². The van der Waals surface area contributed by atoms with E-state index in [0.29, 0.717) is 22.4 Å². The maximum atomic E-state index is 12.7. The molecule has 192 valence electrons. The number of nitrogens with zero attached hydrogens (tertiary/aromatic N) is 1. The average molecular weight is 549 g/mol. The number of nitrogens with one attached hydrogen (secondary N) is 1. The number of amidine groups is 1. The van der Waals surface area contributed by atoms with Crippen molar-refractivity contribution in [2.45, 2.75) is 13.5 Å². The zero-order chi connectivity index (χ0) is 27.8. The average Bonchev–Trinajstić information content (AvgIpc) is 3.26. The van der Waals surface area contributed by atoms with Gasteiger partial charge in [-0.05, 0) is 11.5 Å². The number of benzene rings is 4. The molecule has 0 saturated carbocycles. The number of aliphatic carboxylic acids is 1. The molecule has 0 fully saturated rings. The van der Waals surface area contributed by atoms with Crippen LogP contribution in [0.25, 0.3) is 16.8 Å². The molecule has 1 aliphatic heterocycles. The van der Waals surface area contributed by atoms with Crippen molar-refractivity contribution in [1.82, 2.24) is 0 Å². The fourth-order valence-electron chi connectivity index (χ4n) is 3.82. The van der Waals surface area contributed by atoms with E-state index in [1.807, 2.05) is 72.8 Å². The SMILES string of the molecule is CC(=O)O.COc1ccccc1COc1cc2ccccc2cc1/C=C1/SC(Nc2cc[c]([Na])cc2)=NC1=O. The number of carboxylic acids is 1. The van der Waals surface area contributed by atoms with E-state index < -0.39 is 5.97 Å². The van der Waals surface area contributed by atoms with Gasteiger partial charge in [0.1, 0.15) is 12.4 Å². The molecule has 0 saturated heterocycles. The molecule has 7 nitrogen and oxygen atoms in total. The number of carbonyl (C=O) groups excluding carboxylic acids is 1. The number of hydrogen-bond donors (Lipinski definition) is 2. The van der Waals surface area contributed by atoms with E-state index in [4.69, 9.17) is 19.4 Å². The fourth-order valence-corrected chi connectivity index (χ4v) is 4.97. The quantitative estimate of drug-likeness (QED) is 0.246. The van der Waals surface area contributed by atoms with Crippen LogP contribution in [0.2, 0.25) is 0 Å². The predicted octanol–water partition coefficient (Wildman–Crippen LogP) is 5.39. The Morgan fingerprint density at radius 3 is 2.33 bits per heavy atom. The van der Waals surface area contributed by atoms with Crippen molar-refractivity contribution in [3.8, 4) is 11.5 Å². The Morgan fingerprint density at radius 2 is 1.64 bits per heavy atom. The third kappa shape index (κ3) is 7.97. The molecule has 0 bridgehead atoms. The number of hydrogen-bond acceptors (Lipinski definition) is 6. The van der Waals surface area contributed by atoms with Crippen LogP contribution < -0.4 is 17.6 Å². The third-order valence-corrected chi connectivity index (χ3v) is 7.23. The van der Waals surface area contributed by atoms with Crippen molar-refractivity contribution in [3.63, 3.8) is 0 Å². The summed E-state index contributed by atoms with van der Waals surface area (Å²) in [6.07, 6.45) is 1.86. The van der Waals surface area contributed by atoms with Crippen molar-refractivity contribution in [3.05, 3.63) is 101 Å². The second-order valence-corrected chi connectivity index (χ2v) is 10.9. The van der Waals surface area contributed by atoms with E-state index in [2.05, 4.69) is 28.5 Å². The number of aliphatic imine (C=N–C) groups is 1. The topological polar surface area (TPSA) is 97.2 Å². The normalized spacial score (nSPS) is 13.5. The van der Waals surface area contributed by atoms with Gasteiger partial charge < -0.3 is 9.84 Å². The Bertz CT molecular complexity index is 1560. The van der Waals surface area contributed by atoms with Crippen LogP contribution in [-0.2, 0) is 16.2 Å². The molecular formula is C30H25N2NaO5S. The van der Waals surface area contributed by atoms with Crippen LogP contribution in [0, 0.1) is 0 Å². The Balaban J connectivity index is 0.000000826. The Hall–Kier alpha value is -3.56. The molecule has 0 aliphatic carbocycles. The zero-order valence-corrected chi connectivity index (χ0v) is 24.6. The number of carbonyl (C=O) groups is 2. The number of methoxy groups -OCH3 is 1. The number of rotatable bonds is 6. The predicted molar refractivity (Wildman–Crippen MR) is 158 cm³/mol. The van der Waals surface area contributed by atoms with Gasteiger partial charge in [0.05, 0.1) is 7.11 Å². The Kier molecular flexibility index (Phi) is 9.84. The molecule has 0 atom stereocenters. The van der Waals surface area contributed by atoms with Gasteiger partial charge in [0.15, 0.2) is 0 Å². The number of fused-ring (bicyclic) bond motifs is 1. The molecule has 4 aromatic carbocycles. The van der Waals surface area contributed by atoms with Crippen molar-refractivity contribution >= 4 is 82.1 Å². The van der Waals surface area contributed by atoms with Crippen molar-refractivity contribution < 1.29 is 24.2 Å². The second kappa shape index (κ2) is 13.5. The van der Waals surface area contributed by atoms with Gasteiger partial charge in [-0.25, -0.2) is 0 Å². The molecule has 1 amide bonds. The van der Waals surface area contributed by atoms with E-state index in [-0.39, 0.29) is 5.91 Å². The first kappa shape index (κ1) is 28.4. The van der Waals surface area contributed by atoms with Crippen molar-refractivity contribution in [1.29, 1.82) is 0 Å².